The van der Waals surface area contributed by atoms with E-state index in [4.69, 9.17) is 5.73 Å². The standard InChI is InChI=1S/C13H16F3N3OS/c14-13(15,16)10-8-9(21-18-12(17)20)4-5-11(10)19-6-2-1-3-7-19/h4-5,8H,1-3,6-7H2,(H3,17,18,20). The van der Waals surface area contributed by atoms with E-state index in [9.17, 15) is 18.0 Å². The van der Waals surface area contributed by atoms with Gasteiger partial charge in [0.2, 0.25) is 0 Å². The summed E-state index contributed by atoms with van der Waals surface area (Å²) >= 11 is 0.771. The highest BCUT2D eigenvalue weighted by Crippen LogP contribution is 2.39. The first-order chi connectivity index (χ1) is 9.88. The number of nitrogens with one attached hydrogen (secondary N) is 1. The number of benzene rings is 1. The zero-order chi connectivity index (χ0) is 15.5. The van der Waals surface area contributed by atoms with Gasteiger partial charge in [-0.15, -0.1) is 0 Å². The van der Waals surface area contributed by atoms with Crippen LogP contribution in [0.15, 0.2) is 23.1 Å². The molecule has 2 amide bonds. The summed E-state index contributed by atoms with van der Waals surface area (Å²) in [7, 11) is 0. The Morgan fingerprint density at radius 1 is 1.24 bits per heavy atom. The maximum atomic E-state index is 13.2. The molecule has 0 unspecified atom stereocenters. The Balaban J connectivity index is 2.29. The predicted molar refractivity (Wildman–Crippen MR) is 76.1 cm³/mol. The molecule has 116 valence electrons. The van der Waals surface area contributed by atoms with Crippen molar-refractivity contribution in [2.24, 2.45) is 5.73 Å². The minimum absolute atomic E-state index is 0.200. The van der Waals surface area contributed by atoms with Gasteiger partial charge < -0.3 is 10.6 Å². The number of nitrogens with zero attached hydrogens (tertiary/aromatic N) is 1. The monoisotopic (exact) mass is 319 g/mol. The number of anilines is 1. The molecule has 1 aliphatic rings. The van der Waals surface area contributed by atoms with Gasteiger partial charge in [-0.2, -0.15) is 13.2 Å². The molecule has 1 saturated heterocycles. The van der Waals surface area contributed by atoms with Gasteiger partial charge in [-0.25, -0.2) is 4.79 Å². The third kappa shape index (κ3) is 4.20. The number of carbonyl (C=O) groups excluding carboxylic acids is 1. The van der Waals surface area contributed by atoms with Crippen molar-refractivity contribution < 1.29 is 18.0 Å². The number of halogens is 3. The second kappa shape index (κ2) is 6.46. The average Bonchev–Trinajstić information content (AvgIpc) is 2.45. The van der Waals surface area contributed by atoms with Crippen LogP contribution in [0.3, 0.4) is 0 Å². The van der Waals surface area contributed by atoms with Crippen LogP contribution >= 0.6 is 11.9 Å². The second-order valence-corrected chi connectivity index (χ2v) is 5.67. The van der Waals surface area contributed by atoms with Gasteiger partial charge in [-0.05, 0) is 49.4 Å². The number of rotatable bonds is 3. The molecule has 0 aromatic heterocycles. The molecule has 0 bridgehead atoms. The molecule has 1 fully saturated rings. The van der Waals surface area contributed by atoms with E-state index in [2.05, 4.69) is 4.72 Å². The van der Waals surface area contributed by atoms with E-state index < -0.39 is 17.8 Å². The van der Waals surface area contributed by atoms with E-state index in [1.807, 2.05) is 0 Å². The molecule has 1 aliphatic heterocycles. The smallest absolute Gasteiger partial charge is 0.371 e. The summed E-state index contributed by atoms with van der Waals surface area (Å²) in [6, 6.07) is 3.26. The molecular formula is C13H16F3N3OS. The number of nitrogens with two attached hydrogens (primary N) is 1. The molecule has 1 aromatic rings. The van der Waals surface area contributed by atoms with Crippen molar-refractivity contribution in [3.63, 3.8) is 0 Å². The van der Waals surface area contributed by atoms with Gasteiger partial charge in [0, 0.05) is 23.7 Å². The van der Waals surface area contributed by atoms with Crippen LogP contribution in [0.2, 0.25) is 0 Å². The molecule has 21 heavy (non-hydrogen) atoms. The van der Waals surface area contributed by atoms with E-state index >= 15 is 0 Å². The lowest BCUT2D eigenvalue weighted by atomic mass is 10.1. The Bertz CT molecular complexity index is 516. The third-order valence-electron chi connectivity index (χ3n) is 3.24. The van der Waals surface area contributed by atoms with Crippen LogP contribution < -0.4 is 15.4 Å². The summed E-state index contributed by atoms with van der Waals surface area (Å²) in [6.45, 7) is 1.27. The highest BCUT2D eigenvalue weighted by molar-refractivity contribution is 7.98. The van der Waals surface area contributed by atoms with Crippen molar-refractivity contribution >= 4 is 23.7 Å². The quantitative estimate of drug-likeness (QED) is 0.840. The number of hydrogen-bond donors (Lipinski definition) is 2. The van der Waals surface area contributed by atoms with Gasteiger partial charge in [0.25, 0.3) is 0 Å². The Kier molecular flexibility index (Phi) is 4.87. The number of amides is 2. The van der Waals surface area contributed by atoms with Gasteiger partial charge in [0.1, 0.15) is 0 Å². The molecule has 0 radical (unpaired) electrons. The Labute approximate surface area is 125 Å². The Morgan fingerprint density at radius 2 is 1.90 bits per heavy atom. The SMILES string of the molecule is NC(=O)NSc1ccc(N2CCCCC2)c(C(F)(F)F)c1. The van der Waals surface area contributed by atoms with Crippen LogP contribution in [0.4, 0.5) is 23.7 Å². The lowest BCUT2D eigenvalue weighted by Crippen LogP contribution is -2.31. The van der Waals surface area contributed by atoms with Crippen LogP contribution in [0.1, 0.15) is 24.8 Å². The topological polar surface area (TPSA) is 58.4 Å². The van der Waals surface area contributed by atoms with Crippen LogP contribution in [0.5, 0.6) is 0 Å². The van der Waals surface area contributed by atoms with Gasteiger partial charge in [0.05, 0.1) is 5.56 Å². The highest BCUT2D eigenvalue weighted by atomic mass is 32.2. The number of hydrogen-bond acceptors (Lipinski definition) is 3. The van der Waals surface area contributed by atoms with E-state index in [-0.39, 0.29) is 5.69 Å². The van der Waals surface area contributed by atoms with Crippen molar-refractivity contribution in [1.29, 1.82) is 0 Å². The molecule has 0 saturated carbocycles. The first-order valence-electron chi connectivity index (χ1n) is 6.56. The molecule has 0 aliphatic carbocycles. The normalized spacial score (nSPS) is 15.9. The molecule has 3 N–H and O–H groups in total. The maximum absolute atomic E-state index is 13.2. The van der Waals surface area contributed by atoms with Gasteiger partial charge in [-0.1, -0.05) is 0 Å². The van der Waals surface area contributed by atoms with E-state index in [0.29, 0.717) is 18.0 Å². The maximum Gasteiger partial charge on any atom is 0.418 e. The van der Waals surface area contributed by atoms with Gasteiger partial charge >= 0.3 is 12.2 Å². The van der Waals surface area contributed by atoms with Crippen LogP contribution in [-0.2, 0) is 6.18 Å². The summed E-state index contributed by atoms with van der Waals surface area (Å²) in [5.74, 6) is 0. The number of carbonyl (C=O) groups is 1. The fourth-order valence-corrected chi connectivity index (χ4v) is 2.86. The Morgan fingerprint density at radius 3 is 2.48 bits per heavy atom. The molecule has 1 aromatic carbocycles. The summed E-state index contributed by atoms with van der Waals surface area (Å²) in [5.41, 5.74) is 4.43. The molecule has 8 heteroatoms. The van der Waals surface area contributed by atoms with E-state index in [1.54, 1.807) is 11.0 Å². The average molecular weight is 319 g/mol. The molecule has 2 rings (SSSR count). The summed E-state index contributed by atoms with van der Waals surface area (Å²) < 4.78 is 41.9. The number of alkyl halides is 3. The van der Waals surface area contributed by atoms with Crippen LogP contribution in [-0.4, -0.2) is 19.1 Å². The lowest BCUT2D eigenvalue weighted by molar-refractivity contribution is -0.137. The largest absolute Gasteiger partial charge is 0.418 e. The summed E-state index contributed by atoms with van der Waals surface area (Å²) in [4.78, 5) is 12.7. The first-order valence-corrected chi connectivity index (χ1v) is 7.38. The molecule has 1 heterocycles. The zero-order valence-electron chi connectivity index (χ0n) is 11.2. The fourth-order valence-electron chi connectivity index (χ4n) is 2.33. The third-order valence-corrected chi connectivity index (χ3v) is 4.03. The molecular weight excluding hydrogens is 303 g/mol. The number of urea groups is 1. The highest BCUT2D eigenvalue weighted by Gasteiger charge is 2.35. The van der Waals surface area contributed by atoms with Crippen LogP contribution in [0, 0.1) is 0 Å². The fraction of sp³-hybridized carbons (Fsp3) is 0.462. The van der Waals surface area contributed by atoms with Crippen molar-refractivity contribution in [1.82, 2.24) is 4.72 Å². The number of piperidine rings is 1. The van der Waals surface area contributed by atoms with Gasteiger partial charge in [0.15, 0.2) is 0 Å². The van der Waals surface area contributed by atoms with Crippen molar-refractivity contribution in [3.05, 3.63) is 23.8 Å². The van der Waals surface area contributed by atoms with Gasteiger partial charge in [-0.3, -0.25) is 4.72 Å². The van der Waals surface area contributed by atoms with Crippen LogP contribution in [0.25, 0.3) is 0 Å². The number of primary amides is 1. The van der Waals surface area contributed by atoms with Crippen molar-refractivity contribution in [3.8, 4) is 0 Å². The van der Waals surface area contributed by atoms with Crippen molar-refractivity contribution in [2.75, 3.05) is 18.0 Å². The molecule has 0 spiro atoms. The Hall–Kier alpha value is -1.57. The van der Waals surface area contributed by atoms with E-state index in [0.717, 1.165) is 37.3 Å². The summed E-state index contributed by atoms with van der Waals surface area (Å²) in [6.07, 6.45) is -1.58. The minimum Gasteiger partial charge on any atom is -0.371 e. The van der Waals surface area contributed by atoms with Crippen molar-refractivity contribution in [2.45, 2.75) is 30.3 Å². The lowest BCUT2D eigenvalue weighted by Gasteiger charge is -2.31. The first kappa shape index (κ1) is 15.8. The predicted octanol–water partition coefficient (Wildman–Crippen LogP) is 3.37. The summed E-state index contributed by atoms with van der Waals surface area (Å²) in [5, 5.41) is 0. The van der Waals surface area contributed by atoms with E-state index in [1.165, 1.54) is 6.07 Å². The molecule has 0 atom stereocenters. The zero-order valence-corrected chi connectivity index (χ0v) is 12.1. The molecule has 4 nitrogen and oxygen atoms in total. The second-order valence-electron chi connectivity index (χ2n) is 4.79. The minimum atomic E-state index is -4.43.